The van der Waals surface area contributed by atoms with Gasteiger partial charge in [-0.25, -0.2) is 5.43 Å². The Hall–Kier alpha value is -4.52. The number of hydrogen-bond donors (Lipinski definition) is 3. The number of nitrogens with zero attached hydrogens (tertiary/aromatic N) is 1. The molecular weight excluding hydrogens is 416 g/mol. The fraction of sp³-hybridized carbons (Fsp3) is 0.0769. The molecule has 0 unspecified atom stereocenters. The number of carbonyl (C=O) groups is 3. The number of anilines is 2. The first-order chi connectivity index (χ1) is 15.9. The number of carbonyl (C=O) groups excluding carboxylic acids is 3. The summed E-state index contributed by atoms with van der Waals surface area (Å²) < 4.78 is 0. The monoisotopic (exact) mass is 440 g/mol. The topological polar surface area (TPSA) is 99.7 Å². The number of aryl methyl sites for hydroxylation is 1. The third kappa shape index (κ3) is 7.00. The van der Waals surface area contributed by atoms with Gasteiger partial charge in [-0.2, -0.15) is 5.10 Å². The maximum atomic E-state index is 12.7. The molecule has 0 aliphatic carbocycles. The van der Waals surface area contributed by atoms with Gasteiger partial charge in [0.05, 0.1) is 17.0 Å². The molecule has 0 fully saturated rings. The molecule has 3 N–H and O–H groups in total. The van der Waals surface area contributed by atoms with Crippen molar-refractivity contribution in [2.45, 2.75) is 13.8 Å². The molecule has 0 aliphatic rings. The van der Waals surface area contributed by atoms with Gasteiger partial charge >= 0.3 is 11.8 Å². The van der Waals surface area contributed by atoms with Crippen LogP contribution in [-0.2, 0) is 9.59 Å². The Labute approximate surface area is 192 Å². The standard InChI is InChI=1S/C26H24N4O3/c1-18-12-16-21(17-13-18)27-24(31)22-10-6-7-11-23(22)28-25(32)26(33)30-29-19(2)14-15-20-8-4-3-5-9-20/h3-17H,1-2H3,(H,27,31)(H,28,32)(H,30,33)/b15-14+,29-19-. The highest BCUT2D eigenvalue weighted by Crippen LogP contribution is 2.18. The van der Waals surface area contributed by atoms with Crippen molar-refractivity contribution in [1.29, 1.82) is 0 Å². The summed E-state index contributed by atoms with van der Waals surface area (Å²) in [5.41, 5.74) is 5.85. The van der Waals surface area contributed by atoms with E-state index in [9.17, 15) is 14.4 Å². The molecule has 0 aliphatic heterocycles. The number of allylic oxidation sites excluding steroid dienone is 1. The molecular formula is C26H24N4O3. The molecule has 0 spiro atoms. The van der Waals surface area contributed by atoms with Gasteiger partial charge in [0.15, 0.2) is 0 Å². The van der Waals surface area contributed by atoms with Crippen LogP contribution in [0.1, 0.15) is 28.4 Å². The van der Waals surface area contributed by atoms with Gasteiger partial charge in [0.25, 0.3) is 5.91 Å². The first kappa shape index (κ1) is 23.1. The highest BCUT2D eigenvalue weighted by molar-refractivity contribution is 6.40. The van der Waals surface area contributed by atoms with E-state index in [0.717, 1.165) is 11.1 Å². The Morgan fingerprint density at radius 2 is 1.45 bits per heavy atom. The van der Waals surface area contributed by atoms with Gasteiger partial charge in [0, 0.05) is 5.69 Å². The van der Waals surface area contributed by atoms with E-state index in [0.29, 0.717) is 11.4 Å². The second-order valence-electron chi connectivity index (χ2n) is 7.26. The highest BCUT2D eigenvalue weighted by atomic mass is 16.2. The number of nitrogens with one attached hydrogen (secondary N) is 3. The summed E-state index contributed by atoms with van der Waals surface area (Å²) in [5, 5.41) is 9.16. The summed E-state index contributed by atoms with van der Waals surface area (Å²) in [6.45, 7) is 3.65. The molecule has 0 radical (unpaired) electrons. The van der Waals surface area contributed by atoms with Crippen molar-refractivity contribution in [3.8, 4) is 0 Å². The highest BCUT2D eigenvalue weighted by Gasteiger charge is 2.17. The summed E-state index contributed by atoms with van der Waals surface area (Å²) >= 11 is 0. The lowest BCUT2D eigenvalue weighted by atomic mass is 10.1. The van der Waals surface area contributed by atoms with Crippen LogP contribution in [0.5, 0.6) is 0 Å². The number of amides is 3. The van der Waals surface area contributed by atoms with Crippen molar-refractivity contribution in [1.82, 2.24) is 5.43 Å². The zero-order valence-electron chi connectivity index (χ0n) is 18.3. The Balaban J connectivity index is 1.61. The van der Waals surface area contributed by atoms with Gasteiger partial charge < -0.3 is 10.6 Å². The lowest BCUT2D eigenvalue weighted by Crippen LogP contribution is -2.33. The third-order valence-electron chi connectivity index (χ3n) is 4.59. The molecule has 7 heteroatoms. The molecule has 166 valence electrons. The third-order valence-corrected chi connectivity index (χ3v) is 4.59. The van der Waals surface area contributed by atoms with Crippen molar-refractivity contribution < 1.29 is 14.4 Å². The van der Waals surface area contributed by atoms with Crippen LogP contribution in [-0.4, -0.2) is 23.4 Å². The van der Waals surface area contributed by atoms with Crippen LogP contribution in [0.2, 0.25) is 0 Å². The zero-order valence-corrected chi connectivity index (χ0v) is 18.3. The van der Waals surface area contributed by atoms with Crippen molar-refractivity contribution in [2.24, 2.45) is 5.10 Å². The normalized spacial score (nSPS) is 11.2. The molecule has 3 amide bonds. The minimum absolute atomic E-state index is 0.215. The SMILES string of the molecule is CC(/C=C/c1ccccc1)=N/NC(=O)C(=O)Nc1ccccc1C(=O)Nc1ccc(C)cc1. The molecule has 33 heavy (non-hydrogen) atoms. The largest absolute Gasteiger partial charge is 0.329 e. The van der Waals surface area contributed by atoms with Crippen LogP contribution in [0, 0.1) is 6.92 Å². The number of hydrazone groups is 1. The second kappa shape index (κ2) is 11.2. The van der Waals surface area contributed by atoms with Crippen molar-refractivity contribution in [2.75, 3.05) is 10.6 Å². The first-order valence-corrected chi connectivity index (χ1v) is 10.3. The van der Waals surface area contributed by atoms with Gasteiger partial charge in [0.1, 0.15) is 0 Å². The molecule has 0 saturated carbocycles. The number of rotatable bonds is 6. The average Bonchev–Trinajstić information content (AvgIpc) is 2.83. The number of benzene rings is 3. The maximum absolute atomic E-state index is 12.7. The van der Waals surface area contributed by atoms with E-state index in [2.05, 4.69) is 21.2 Å². The fourth-order valence-electron chi connectivity index (χ4n) is 2.81. The van der Waals surface area contributed by atoms with Crippen molar-refractivity contribution >= 4 is 40.9 Å². The lowest BCUT2D eigenvalue weighted by Gasteiger charge is -2.11. The molecule has 0 aromatic heterocycles. The van der Waals surface area contributed by atoms with Crippen LogP contribution < -0.4 is 16.1 Å². The van der Waals surface area contributed by atoms with E-state index < -0.39 is 17.7 Å². The van der Waals surface area contributed by atoms with Crippen molar-refractivity contribution in [3.05, 3.63) is 102 Å². The summed E-state index contributed by atoms with van der Waals surface area (Å²) in [7, 11) is 0. The Morgan fingerprint density at radius 1 is 0.788 bits per heavy atom. The molecule has 0 bridgehead atoms. The predicted molar refractivity (Wildman–Crippen MR) is 131 cm³/mol. The molecule has 0 saturated heterocycles. The second-order valence-corrected chi connectivity index (χ2v) is 7.26. The minimum Gasteiger partial charge on any atom is -0.322 e. The fourth-order valence-corrected chi connectivity index (χ4v) is 2.81. The van der Waals surface area contributed by atoms with Gasteiger partial charge in [-0.15, -0.1) is 0 Å². The summed E-state index contributed by atoms with van der Waals surface area (Å²) in [5.74, 6) is -2.29. The minimum atomic E-state index is -0.948. The first-order valence-electron chi connectivity index (χ1n) is 10.3. The molecule has 3 aromatic carbocycles. The van der Waals surface area contributed by atoms with Crippen LogP contribution >= 0.6 is 0 Å². The Kier molecular flexibility index (Phi) is 7.86. The summed E-state index contributed by atoms with van der Waals surface area (Å²) in [6.07, 6.45) is 3.56. The van der Waals surface area contributed by atoms with E-state index in [1.54, 1.807) is 49.4 Å². The van der Waals surface area contributed by atoms with Gasteiger partial charge in [-0.05, 0) is 49.8 Å². The predicted octanol–water partition coefficient (Wildman–Crippen LogP) is 4.39. The van der Waals surface area contributed by atoms with Gasteiger partial charge in [-0.3, -0.25) is 14.4 Å². The molecule has 3 aromatic rings. The zero-order chi connectivity index (χ0) is 23.6. The van der Waals surface area contributed by atoms with E-state index >= 15 is 0 Å². The Morgan fingerprint density at radius 3 is 2.18 bits per heavy atom. The number of para-hydroxylation sites is 1. The van der Waals surface area contributed by atoms with Gasteiger partial charge in [0.2, 0.25) is 0 Å². The van der Waals surface area contributed by atoms with E-state index in [4.69, 9.17) is 0 Å². The van der Waals surface area contributed by atoms with Crippen LogP contribution in [0.25, 0.3) is 6.08 Å². The summed E-state index contributed by atoms with van der Waals surface area (Å²) in [4.78, 5) is 37.2. The Bertz CT molecular complexity index is 1200. The van der Waals surface area contributed by atoms with Gasteiger partial charge in [-0.1, -0.05) is 66.2 Å². The van der Waals surface area contributed by atoms with Crippen LogP contribution in [0.4, 0.5) is 11.4 Å². The molecule has 7 nitrogen and oxygen atoms in total. The molecule has 3 rings (SSSR count). The number of hydrogen-bond acceptors (Lipinski definition) is 4. The lowest BCUT2D eigenvalue weighted by molar-refractivity contribution is -0.136. The average molecular weight is 441 g/mol. The molecule has 0 heterocycles. The smallest absolute Gasteiger partial charge is 0.322 e. The van der Waals surface area contributed by atoms with E-state index in [-0.39, 0.29) is 11.3 Å². The van der Waals surface area contributed by atoms with E-state index in [1.165, 1.54) is 0 Å². The maximum Gasteiger partial charge on any atom is 0.329 e. The van der Waals surface area contributed by atoms with E-state index in [1.807, 2.05) is 55.5 Å². The van der Waals surface area contributed by atoms with Crippen LogP contribution in [0.15, 0.2) is 90.0 Å². The summed E-state index contributed by atoms with van der Waals surface area (Å²) in [6, 6.07) is 23.4. The quantitative estimate of drug-likeness (QED) is 0.301. The van der Waals surface area contributed by atoms with Crippen LogP contribution in [0.3, 0.4) is 0 Å². The molecule has 0 atom stereocenters. The van der Waals surface area contributed by atoms with Crippen molar-refractivity contribution in [3.63, 3.8) is 0 Å².